The van der Waals surface area contributed by atoms with Crippen molar-refractivity contribution < 1.29 is 18.7 Å². The molecule has 15 heavy (non-hydrogen) atoms. The van der Waals surface area contributed by atoms with Gasteiger partial charge in [-0.15, -0.1) is 0 Å². The van der Waals surface area contributed by atoms with Crippen LogP contribution in [0.5, 0.6) is 0 Å². The van der Waals surface area contributed by atoms with Gasteiger partial charge in [-0.3, -0.25) is 9.48 Å². The van der Waals surface area contributed by atoms with E-state index in [9.17, 15) is 13.6 Å². The Labute approximate surface area is 85.5 Å². The first-order chi connectivity index (χ1) is 6.91. The molecule has 0 saturated carbocycles. The molecule has 1 aromatic heterocycles. The number of aryl methyl sites for hydroxylation is 2. The fourth-order valence-corrected chi connectivity index (χ4v) is 1.28. The Hall–Kier alpha value is -1.46. The average Bonchev–Trinajstić information content (AvgIpc) is 2.42. The molecule has 0 bridgehead atoms. The van der Waals surface area contributed by atoms with E-state index in [1.165, 1.54) is 10.7 Å². The molecule has 1 rings (SSSR count). The molecule has 0 amide bonds. The van der Waals surface area contributed by atoms with Gasteiger partial charge in [0.15, 0.2) is 0 Å². The summed E-state index contributed by atoms with van der Waals surface area (Å²) >= 11 is 0. The lowest BCUT2D eigenvalue weighted by Crippen LogP contribution is -2.15. The summed E-state index contributed by atoms with van der Waals surface area (Å²) in [6.45, 7) is 1.72. The number of alkyl halides is 2. The number of carbonyl (C=O) groups is 1. The van der Waals surface area contributed by atoms with Crippen LogP contribution < -0.4 is 0 Å². The van der Waals surface area contributed by atoms with Gasteiger partial charge in [-0.05, 0) is 13.0 Å². The van der Waals surface area contributed by atoms with Crippen molar-refractivity contribution in [2.24, 2.45) is 7.05 Å². The van der Waals surface area contributed by atoms with E-state index in [2.05, 4.69) is 5.10 Å². The molecule has 0 spiro atoms. The highest BCUT2D eigenvalue weighted by Gasteiger charge is 2.27. The largest absolute Gasteiger partial charge is 0.481 e. The van der Waals surface area contributed by atoms with Crippen LogP contribution in [0.15, 0.2) is 6.07 Å². The van der Waals surface area contributed by atoms with Gasteiger partial charge in [-0.2, -0.15) is 5.10 Å². The normalized spacial score (nSPS) is 13.1. The van der Waals surface area contributed by atoms with Crippen molar-refractivity contribution in [3.05, 3.63) is 17.5 Å². The molecule has 1 heterocycles. The zero-order valence-corrected chi connectivity index (χ0v) is 8.44. The predicted octanol–water partition coefficient (Wildman–Crippen LogP) is 1.55. The van der Waals surface area contributed by atoms with Crippen molar-refractivity contribution in [3.8, 4) is 0 Å². The fourth-order valence-electron chi connectivity index (χ4n) is 1.28. The van der Waals surface area contributed by atoms with Crippen LogP contribution in [-0.4, -0.2) is 27.3 Å². The molecular formula is C9H12F2N2O2. The van der Waals surface area contributed by atoms with Gasteiger partial charge in [0.1, 0.15) is 0 Å². The molecule has 6 heteroatoms. The van der Waals surface area contributed by atoms with Gasteiger partial charge in [0.05, 0.1) is 18.0 Å². The zero-order chi connectivity index (χ0) is 11.6. The summed E-state index contributed by atoms with van der Waals surface area (Å²) in [4.78, 5) is 10.4. The average molecular weight is 218 g/mol. The van der Waals surface area contributed by atoms with Crippen LogP contribution in [0.4, 0.5) is 8.78 Å². The predicted molar refractivity (Wildman–Crippen MR) is 48.9 cm³/mol. The minimum Gasteiger partial charge on any atom is -0.481 e. The summed E-state index contributed by atoms with van der Waals surface area (Å²) < 4.78 is 26.6. The Morgan fingerprint density at radius 1 is 1.67 bits per heavy atom. The van der Waals surface area contributed by atoms with Crippen LogP contribution in [-0.2, 0) is 11.8 Å². The molecule has 1 N–H and O–H groups in total. The van der Waals surface area contributed by atoms with Gasteiger partial charge in [-0.1, -0.05) is 0 Å². The lowest BCUT2D eigenvalue weighted by atomic mass is 10.0. The van der Waals surface area contributed by atoms with Gasteiger partial charge in [-0.25, -0.2) is 8.78 Å². The topological polar surface area (TPSA) is 55.1 Å². The third kappa shape index (κ3) is 2.74. The number of aromatic nitrogens is 2. The van der Waals surface area contributed by atoms with Crippen LogP contribution >= 0.6 is 0 Å². The first-order valence-electron chi connectivity index (χ1n) is 4.42. The van der Waals surface area contributed by atoms with Gasteiger partial charge < -0.3 is 5.11 Å². The molecule has 0 aliphatic carbocycles. The molecule has 84 valence electrons. The summed E-state index contributed by atoms with van der Waals surface area (Å²) in [7, 11) is 1.63. The summed E-state index contributed by atoms with van der Waals surface area (Å²) in [6, 6.07) is 1.49. The third-order valence-corrected chi connectivity index (χ3v) is 2.21. The van der Waals surface area contributed by atoms with Crippen molar-refractivity contribution >= 4 is 5.97 Å². The highest BCUT2D eigenvalue weighted by atomic mass is 19.3. The number of hydrogen-bond acceptors (Lipinski definition) is 2. The van der Waals surface area contributed by atoms with Crippen molar-refractivity contribution in [2.75, 3.05) is 0 Å². The van der Waals surface area contributed by atoms with Crippen molar-refractivity contribution in [3.63, 3.8) is 0 Å². The van der Waals surface area contributed by atoms with Crippen LogP contribution in [0, 0.1) is 6.92 Å². The Balaban J connectivity index is 2.93. The third-order valence-electron chi connectivity index (χ3n) is 2.21. The maximum atomic E-state index is 12.6. The molecular weight excluding hydrogens is 206 g/mol. The lowest BCUT2D eigenvalue weighted by Gasteiger charge is -2.10. The summed E-state index contributed by atoms with van der Waals surface area (Å²) in [5.41, 5.74) is 0.855. The van der Waals surface area contributed by atoms with Crippen LogP contribution in [0.2, 0.25) is 0 Å². The molecule has 0 aliphatic rings. The van der Waals surface area contributed by atoms with Crippen LogP contribution in [0.25, 0.3) is 0 Å². The number of hydrogen-bond donors (Lipinski definition) is 1. The fraction of sp³-hybridized carbons (Fsp3) is 0.556. The number of carboxylic acid groups (broad SMARTS) is 1. The zero-order valence-electron chi connectivity index (χ0n) is 8.44. The van der Waals surface area contributed by atoms with E-state index in [-0.39, 0.29) is 5.69 Å². The van der Waals surface area contributed by atoms with E-state index < -0.39 is 24.7 Å². The Bertz CT molecular complexity index is 343. The van der Waals surface area contributed by atoms with Gasteiger partial charge in [0, 0.05) is 12.7 Å². The first kappa shape index (κ1) is 11.6. The maximum Gasteiger partial charge on any atom is 0.304 e. The van der Waals surface area contributed by atoms with Crippen molar-refractivity contribution in [2.45, 2.75) is 25.7 Å². The molecule has 1 unspecified atom stereocenters. The van der Waals surface area contributed by atoms with Crippen LogP contribution in [0.1, 0.15) is 23.7 Å². The quantitative estimate of drug-likeness (QED) is 0.834. The second kappa shape index (κ2) is 4.37. The summed E-state index contributed by atoms with van der Waals surface area (Å²) in [5.74, 6) is -2.58. The van der Waals surface area contributed by atoms with E-state index in [1.54, 1.807) is 14.0 Å². The van der Waals surface area contributed by atoms with Crippen molar-refractivity contribution in [1.29, 1.82) is 0 Å². The smallest absolute Gasteiger partial charge is 0.304 e. The van der Waals surface area contributed by atoms with Gasteiger partial charge >= 0.3 is 5.97 Å². The van der Waals surface area contributed by atoms with E-state index >= 15 is 0 Å². The molecule has 1 aromatic rings. The Morgan fingerprint density at radius 2 is 2.27 bits per heavy atom. The molecule has 0 aromatic carbocycles. The molecule has 0 saturated heterocycles. The number of carboxylic acids is 1. The summed E-state index contributed by atoms with van der Waals surface area (Å²) in [6.07, 6.45) is -3.32. The van der Waals surface area contributed by atoms with E-state index in [4.69, 9.17) is 5.11 Å². The Morgan fingerprint density at radius 3 is 2.60 bits per heavy atom. The SMILES string of the molecule is Cc1cc(C(CC(=O)O)C(F)F)nn1C. The molecule has 4 nitrogen and oxygen atoms in total. The number of aliphatic carboxylic acids is 1. The molecule has 0 fully saturated rings. The van der Waals surface area contributed by atoms with Gasteiger partial charge in [0.2, 0.25) is 6.43 Å². The second-order valence-corrected chi connectivity index (χ2v) is 3.37. The van der Waals surface area contributed by atoms with Crippen molar-refractivity contribution in [1.82, 2.24) is 9.78 Å². The van der Waals surface area contributed by atoms with E-state index in [0.717, 1.165) is 5.69 Å². The Kier molecular flexibility index (Phi) is 3.39. The van der Waals surface area contributed by atoms with Gasteiger partial charge in [0.25, 0.3) is 0 Å². The number of halogens is 2. The second-order valence-electron chi connectivity index (χ2n) is 3.37. The number of rotatable bonds is 4. The maximum absolute atomic E-state index is 12.6. The highest BCUT2D eigenvalue weighted by molar-refractivity contribution is 5.68. The lowest BCUT2D eigenvalue weighted by molar-refractivity contribution is -0.138. The van der Waals surface area contributed by atoms with E-state index in [0.29, 0.717) is 0 Å². The highest BCUT2D eigenvalue weighted by Crippen LogP contribution is 2.26. The minimum atomic E-state index is -2.71. The minimum absolute atomic E-state index is 0.132. The van der Waals surface area contributed by atoms with E-state index in [1.807, 2.05) is 0 Å². The molecule has 0 radical (unpaired) electrons. The first-order valence-corrected chi connectivity index (χ1v) is 4.42. The monoisotopic (exact) mass is 218 g/mol. The molecule has 0 aliphatic heterocycles. The summed E-state index contributed by atoms with van der Waals surface area (Å²) in [5, 5.41) is 12.4. The number of nitrogens with zero attached hydrogens (tertiary/aromatic N) is 2. The van der Waals surface area contributed by atoms with Crippen LogP contribution in [0.3, 0.4) is 0 Å². The molecule has 1 atom stereocenters. The standard InChI is InChI=1S/C9H12F2N2O2/c1-5-3-7(12-13(5)2)6(9(10)11)4-8(14)15/h3,6,9H,4H2,1-2H3,(H,14,15).